The first-order valence-corrected chi connectivity index (χ1v) is 10.7. The van der Waals surface area contributed by atoms with Crippen LogP contribution in [0.25, 0.3) is 0 Å². The summed E-state index contributed by atoms with van der Waals surface area (Å²) < 4.78 is 59.2. The molecule has 3 aromatic carbocycles. The first-order chi connectivity index (χ1) is 15.4. The average molecular weight is 443 g/mol. The summed E-state index contributed by atoms with van der Waals surface area (Å²) in [5.41, 5.74) is 1.51. The maximum absolute atomic E-state index is 13.8. The number of rotatable bonds is 6. The van der Waals surface area contributed by atoms with Gasteiger partial charge in [-0.15, -0.1) is 0 Å². The number of halogens is 4. The van der Waals surface area contributed by atoms with Gasteiger partial charge in [0.1, 0.15) is 5.82 Å². The van der Waals surface area contributed by atoms with Crippen molar-refractivity contribution in [3.63, 3.8) is 0 Å². The summed E-state index contributed by atoms with van der Waals surface area (Å²) in [6, 6.07) is 22.9. The van der Waals surface area contributed by atoms with Gasteiger partial charge in [0.05, 0.1) is 18.3 Å². The highest BCUT2D eigenvalue weighted by Gasteiger charge is 2.35. The fourth-order valence-corrected chi connectivity index (χ4v) is 4.51. The Hall–Kier alpha value is -2.70. The second-order valence-corrected chi connectivity index (χ2v) is 8.15. The predicted molar refractivity (Wildman–Crippen MR) is 116 cm³/mol. The monoisotopic (exact) mass is 443 g/mol. The van der Waals surface area contributed by atoms with Crippen molar-refractivity contribution in [2.24, 2.45) is 5.92 Å². The number of piperidine rings is 1. The van der Waals surface area contributed by atoms with Gasteiger partial charge in [0, 0.05) is 18.4 Å². The molecular weight excluding hydrogens is 418 g/mol. The van der Waals surface area contributed by atoms with Crippen LogP contribution < -0.4 is 5.32 Å². The van der Waals surface area contributed by atoms with Crippen molar-refractivity contribution in [3.8, 4) is 0 Å². The van der Waals surface area contributed by atoms with Crippen LogP contribution in [0, 0.1) is 11.7 Å². The summed E-state index contributed by atoms with van der Waals surface area (Å²) >= 11 is 0. The summed E-state index contributed by atoms with van der Waals surface area (Å²) in [5.74, 6) is -0.774. The van der Waals surface area contributed by atoms with Crippen molar-refractivity contribution in [2.75, 3.05) is 13.1 Å². The molecule has 1 fully saturated rings. The molecule has 3 aromatic rings. The van der Waals surface area contributed by atoms with Gasteiger partial charge in [-0.25, -0.2) is 4.39 Å². The van der Waals surface area contributed by atoms with Crippen LogP contribution in [-0.2, 0) is 17.5 Å². The quantitative estimate of drug-likeness (QED) is 0.460. The third kappa shape index (κ3) is 5.37. The van der Waals surface area contributed by atoms with E-state index >= 15 is 0 Å². The predicted octanol–water partition coefficient (Wildman–Crippen LogP) is 6.17. The minimum absolute atomic E-state index is 0.0634. The van der Waals surface area contributed by atoms with Crippen molar-refractivity contribution >= 4 is 0 Å². The summed E-state index contributed by atoms with van der Waals surface area (Å²) in [6.07, 6.45) is -4.05. The highest BCUT2D eigenvalue weighted by molar-refractivity contribution is 5.34. The number of nitrogens with one attached hydrogen (secondary N) is 1. The highest BCUT2D eigenvalue weighted by atomic mass is 19.4. The average Bonchev–Trinajstić information content (AvgIpc) is 2.79. The van der Waals surface area contributed by atoms with Gasteiger partial charge in [-0.05, 0) is 47.9 Å². The minimum atomic E-state index is -4.60. The highest BCUT2D eigenvalue weighted by Crippen LogP contribution is 2.37. The zero-order valence-electron chi connectivity index (χ0n) is 17.5. The van der Waals surface area contributed by atoms with E-state index in [1.807, 2.05) is 36.4 Å². The summed E-state index contributed by atoms with van der Waals surface area (Å²) in [4.78, 5) is 0. The van der Waals surface area contributed by atoms with E-state index in [1.165, 1.54) is 0 Å². The standard InChI is InChI=1S/C26H25F4NO/c27-22-14-18(13-21(15-22)26(28,29)30)17-32-24-11-12-31-16-23(24)25(19-7-3-1-4-8-19)20-9-5-2-6-10-20/h1-10,13-15,23-25,31H,11-12,16-17H2/t23-,24+/m0/s1. The van der Waals surface area contributed by atoms with Crippen LogP contribution in [0.4, 0.5) is 17.6 Å². The molecule has 1 saturated heterocycles. The first kappa shape index (κ1) is 22.5. The van der Waals surface area contributed by atoms with Gasteiger partial charge in [-0.1, -0.05) is 60.7 Å². The first-order valence-electron chi connectivity index (χ1n) is 10.7. The molecule has 168 valence electrons. The molecule has 0 aromatic heterocycles. The van der Waals surface area contributed by atoms with E-state index in [0.29, 0.717) is 6.07 Å². The van der Waals surface area contributed by atoms with Crippen molar-refractivity contribution in [3.05, 3.63) is 107 Å². The molecule has 0 unspecified atom stereocenters. The second kappa shape index (κ2) is 9.84. The number of benzene rings is 3. The lowest BCUT2D eigenvalue weighted by Gasteiger charge is -2.38. The lowest BCUT2D eigenvalue weighted by Crippen LogP contribution is -2.44. The van der Waals surface area contributed by atoms with Crippen molar-refractivity contribution in [1.29, 1.82) is 0 Å². The van der Waals surface area contributed by atoms with Gasteiger partial charge in [0.2, 0.25) is 0 Å². The Morgan fingerprint density at radius 3 is 2.12 bits per heavy atom. The van der Waals surface area contributed by atoms with E-state index in [2.05, 4.69) is 29.6 Å². The molecule has 4 rings (SSSR count). The molecule has 0 spiro atoms. The topological polar surface area (TPSA) is 21.3 Å². The molecule has 1 heterocycles. The summed E-state index contributed by atoms with van der Waals surface area (Å²) in [5, 5.41) is 3.43. The molecule has 2 nitrogen and oxygen atoms in total. The molecule has 6 heteroatoms. The van der Waals surface area contributed by atoms with Crippen molar-refractivity contribution < 1.29 is 22.3 Å². The van der Waals surface area contributed by atoms with Crippen LogP contribution in [0.3, 0.4) is 0 Å². The third-order valence-electron chi connectivity index (χ3n) is 5.96. The summed E-state index contributed by atoms with van der Waals surface area (Å²) in [7, 11) is 0. The van der Waals surface area contributed by atoms with Gasteiger partial charge >= 0.3 is 6.18 Å². The number of ether oxygens (including phenoxy) is 1. The Bertz CT molecular complexity index is 968. The fourth-order valence-electron chi connectivity index (χ4n) is 4.51. The maximum atomic E-state index is 13.8. The van der Waals surface area contributed by atoms with Crippen LogP contribution in [0.5, 0.6) is 0 Å². The van der Waals surface area contributed by atoms with E-state index in [9.17, 15) is 17.6 Å². The normalized spacial score (nSPS) is 19.3. The van der Waals surface area contributed by atoms with Crippen LogP contribution in [-0.4, -0.2) is 19.2 Å². The summed E-state index contributed by atoms with van der Waals surface area (Å²) in [6.45, 7) is 1.41. The molecular formula is C26H25F4NO. The SMILES string of the molecule is Fc1cc(CO[C@@H]2CCNC[C@@H]2C(c2ccccc2)c2ccccc2)cc(C(F)(F)F)c1. The Morgan fingerprint density at radius 1 is 0.906 bits per heavy atom. The van der Waals surface area contributed by atoms with Gasteiger partial charge in [0.25, 0.3) is 0 Å². The van der Waals surface area contributed by atoms with Gasteiger partial charge in [-0.3, -0.25) is 0 Å². The number of hydrogen-bond donors (Lipinski definition) is 1. The molecule has 0 saturated carbocycles. The molecule has 1 aliphatic rings. The number of alkyl halides is 3. The van der Waals surface area contributed by atoms with Crippen molar-refractivity contribution in [2.45, 2.75) is 31.2 Å². The molecule has 1 aliphatic heterocycles. The molecule has 2 atom stereocenters. The Morgan fingerprint density at radius 2 is 1.53 bits per heavy atom. The van der Waals surface area contributed by atoms with E-state index in [0.717, 1.165) is 42.8 Å². The zero-order valence-corrected chi connectivity index (χ0v) is 17.5. The molecule has 0 aliphatic carbocycles. The van der Waals surface area contributed by atoms with Crippen LogP contribution in [0.15, 0.2) is 78.9 Å². The van der Waals surface area contributed by atoms with Crippen LogP contribution >= 0.6 is 0 Å². The van der Waals surface area contributed by atoms with Gasteiger partial charge in [-0.2, -0.15) is 13.2 Å². The Kier molecular flexibility index (Phi) is 6.92. The third-order valence-corrected chi connectivity index (χ3v) is 5.96. The maximum Gasteiger partial charge on any atom is 0.416 e. The van der Waals surface area contributed by atoms with E-state index in [4.69, 9.17) is 4.74 Å². The van der Waals surface area contributed by atoms with E-state index < -0.39 is 17.6 Å². The van der Waals surface area contributed by atoms with E-state index in [-0.39, 0.29) is 30.1 Å². The lowest BCUT2D eigenvalue weighted by molar-refractivity contribution is -0.137. The van der Waals surface area contributed by atoms with Crippen molar-refractivity contribution in [1.82, 2.24) is 5.32 Å². The molecule has 1 N–H and O–H groups in total. The Labute approximate surface area is 185 Å². The molecule has 0 amide bonds. The molecule has 32 heavy (non-hydrogen) atoms. The lowest BCUT2D eigenvalue weighted by atomic mass is 9.76. The Balaban J connectivity index is 1.59. The van der Waals surface area contributed by atoms with Crippen LogP contribution in [0.1, 0.15) is 34.6 Å². The zero-order chi connectivity index (χ0) is 22.6. The fraction of sp³-hybridized carbons (Fsp3) is 0.308. The largest absolute Gasteiger partial charge is 0.416 e. The van der Waals surface area contributed by atoms with E-state index in [1.54, 1.807) is 0 Å². The van der Waals surface area contributed by atoms with Gasteiger partial charge < -0.3 is 10.1 Å². The number of hydrogen-bond acceptors (Lipinski definition) is 2. The second-order valence-electron chi connectivity index (χ2n) is 8.15. The van der Waals surface area contributed by atoms with Crippen LogP contribution in [0.2, 0.25) is 0 Å². The minimum Gasteiger partial charge on any atom is -0.373 e. The molecule has 0 radical (unpaired) electrons. The smallest absolute Gasteiger partial charge is 0.373 e. The molecule has 0 bridgehead atoms. The van der Waals surface area contributed by atoms with Gasteiger partial charge in [0.15, 0.2) is 0 Å².